The standard InChI is InChI=1S/C14H20FNO/c1-10-4-2-3-5-14(10)16-9-11-6-12(15)8-13(17)7-11/h6-8,10,14,16-17H,2-5,9H2,1H3. The summed E-state index contributed by atoms with van der Waals surface area (Å²) in [5.74, 6) is 0.308. The molecule has 2 nitrogen and oxygen atoms in total. The molecule has 0 spiro atoms. The first-order chi connectivity index (χ1) is 8.15. The minimum atomic E-state index is -0.376. The second kappa shape index (κ2) is 5.50. The third-order valence-electron chi connectivity index (χ3n) is 3.62. The van der Waals surface area contributed by atoms with Crippen molar-refractivity contribution >= 4 is 0 Å². The van der Waals surface area contributed by atoms with E-state index in [4.69, 9.17) is 0 Å². The lowest BCUT2D eigenvalue weighted by Crippen LogP contribution is -2.36. The molecule has 2 N–H and O–H groups in total. The summed E-state index contributed by atoms with van der Waals surface area (Å²) in [6, 6.07) is 4.74. The smallest absolute Gasteiger partial charge is 0.127 e. The summed E-state index contributed by atoms with van der Waals surface area (Å²) in [5, 5.41) is 12.8. The molecule has 1 aliphatic carbocycles. The van der Waals surface area contributed by atoms with Crippen LogP contribution in [-0.2, 0) is 6.54 Å². The summed E-state index contributed by atoms with van der Waals surface area (Å²) < 4.78 is 13.1. The summed E-state index contributed by atoms with van der Waals surface area (Å²) in [5.41, 5.74) is 0.806. The molecule has 1 aromatic carbocycles. The third kappa shape index (κ3) is 3.43. The minimum Gasteiger partial charge on any atom is -0.508 e. The first-order valence-electron chi connectivity index (χ1n) is 6.37. The molecule has 1 fully saturated rings. The number of halogens is 1. The van der Waals surface area contributed by atoms with Crippen molar-refractivity contribution in [1.82, 2.24) is 5.32 Å². The fourth-order valence-corrected chi connectivity index (χ4v) is 2.60. The first kappa shape index (κ1) is 12.4. The third-order valence-corrected chi connectivity index (χ3v) is 3.62. The largest absolute Gasteiger partial charge is 0.508 e. The van der Waals surface area contributed by atoms with Crippen LogP contribution >= 0.6 is 0 Å². The van der Waals surface area contributed by atoms with Crippen molar-refractivity contribution in [3.63, 3.8) is 0 Å². The lowest BCUT2D eigenvalue weighted by atomic mass is 9.86. The van der Waals surface area contributed by atoms with Gasteiger partial charge >= 0.3 is 0 Å². The summed E-state index contributed by atoms with van der Waals surface area (Å²) in [4.78, 5) is 0. The van der Waals surface area contributed by atoms with Crippen LogP contribution < -0.4 is 5.32 Å². The van der Waals surface area contributed by atoms with Crippen molar-refractivity contribution in [3.05, 3.63) is 29.6 Å². The second-order valence-electron chi connectivity index (χ2n) is 5.07. The van der Waals surface area contributed by atoms with Crippen molar-refractivity contribution < 1.29 is 9.50 Å². The molecule has 0 amide bonds. The Morgan fingerprint density at radius 2 is 2.06 bits per heavy atom. The highest BCUT2D eigenvalue weighted by molar-refractivity contribution is 5.28. The van der Waals surface area contributed by atoms with E-state index in [2.05, 4.69) is 12.2 Å². The van der Waals surface area contributed by atoms with Crippen molar-refractivity contribution in [2.75, 3.05) is 0 Å². The maximum Gasteiger partial charge on any atom is 0.127 e. The van der Waals surface area contributed by atoms with Gasteiger partial charge in [-0.2, -0.15) is 0 Å². The van der Waals surface area contributed by atoms with Gasteiger partial charge in [0.1, 0.15) is 11.6 Å². The minimum absolute atomic E-state index is 0.00140. The Bertz CT molecular complexity index is 360. The predicted octanol–water partition coefficient (Wildman–Crippen LogP) is 3.20. The van der Waals surface area contributed by atoms with Gasteiger partial charge in [0.15, 0.2) is 0 Å². The molecule has 0 radical (unpaired) electrons. The predicted molar refractivity (Wildman–Crippen MR) is 66.3 cm³/mol. The normalized spacial score (nSPS) is 24.8. The van der Waals surface area contributed by atoms with Gasteiger partial charge in [-0.25, -0.2) is 4.39 Å². The van der Waals surface area contributed by atoms with Crippen LogP contribution in [0.1, 0.15) is 38.2 Å². The van der Waals surface area contributed by atoms with Crippen molar-refractivity contribution in [2.24, 2.45) is 5.92 Å². The molecule has 0 saturated heterocycles. The number of rotatable bonds is 3. The first-order valence-corrected chi connectivity index (χ1v) is 6.37. The van der Waals surface area contributed by atoms with E-state index in [0.717, 1.165) is 11.6 Å². The van der Waals surface area contributed by atoms with E-state index < -0.39 is 0 Å². The Hall–Kier alpha value is -1.09. The topological polar surface area (TPSA) is 32.3 Å². The SMILES string of the molecule is CC1CCCCC1NCc1cc(O)cc(F)c1. The van der Waals surface area contributed by atoms with Crippen molar-refractivity contribution in [1.29, 1.82) is 0 Å². The van der Waals surface area contributed by atoms with Gasteiger partial charge in [0.25, 0.3) is 0 Å². The number of aromatic hydroxyl groups is 1. The molecule has 2 rings (SSSR count). The highest BCUT2D eigenvalue weighted by Crippen LogP contribution is 2.24. The molecular formula is C14H20FNO. The molecule has 1 aliphatic rings. The van der Waals surface area contributed by atoms with Crippen LogP contribution in [0.15, 0.2) is 18.2 Å². The van der Waals surface area contributed by atoms with Crippen LogP contribution in [0.2, 0.25) is 0 Å². The van der Waals surface area contributed by atoms with Crippen LogP contribution in [0, 0.1) is 11.7 Å². The van der Waals surface area contributed by atoms with Gasteiger partial charge in [-0.15, -0.1) is 0 Å². The van der Waals surface area contributed by atoms with E-state index in [1.807, 2.05) is 0 Å². The number of phenolic OH excluding ortho intramolecular Hbond substituents is 1. The zero-order valence-corrected chi connectivity index (χ0v) is 10.2. The molecule has 0 bridgehead atoms. The second-order valence-corrected chi connectivity index (χ2v) is 5.07. The Kier molecular flexibility index (Phi) is 4.00. The molecule has 94 valence electrons. The maximum atomic E-state index is 13.1. The van der Waals surface area contributed by atoms with Gasteiger partial charge in [-0.3, -0.25) is 0 Å². The molecule has 2 atom stereocenters. The summed E-state index contributed by atoms with van der Waals surface area (Å²) in [6.45, 7) is 2.89. The number of hydrogen-bond donors (Lipinski definition) is 2. The summed E-state index contributed by atoms with van der Waals surface area (Å²) in [6.07, 6.45) is 5.06. The monoisotopic (exact) mass is 237 g/mol. The van der Waals surface area contributed by atoms with Crippen LogP contribution in [0.25, 0.3) is 0 Å². The van der Waals surface area contributed by atoms with E-state index in [1.54, 1.807) is 6.07 Å². The fraction of sp³-hybridized carbons (Fsp3) is 0.571. The molecule has 0 heterocycles. The Labute approximate surface area is 102 Å². The zero-order valence-electron chi connectivity index (χ0n) is 10.2. The molecular weight excluding hydrogens is 217 g/mol. The molecule has 0 aliphatic heterocycles. The van der Waals surface area contributed by atoms with Gasteiger partial charge in [0.05, 0.1) is 0 Å². The fourth-order valence-electron chi connectivity index (χ4n) is 2.60. The van der Waals surface area contributed by atoms with Gasteiger partial charge in [-0.05, 0) is 36.5 Å². The molecule has 1 aromatic rings. The quantitative estimate of drug-likeness (QED) is 0.846. The Balaban J connectivity index is 1.92. The van der Waals surface area contributed by atoms with Gasteiger partial charge < -0.3 is 10.4 Å². The highest BCUT2D eigenvalue weighted by Gasteiger charge is 2.20. The van der Waals surface area contributed by atoms with Crippen molar-refractivity contribution in [2.45, 2.75) is 45.2 Å². The van der Waals surface area contributed by atoms with E-state index in [-0.39, 0.29) is 11.6 Å². The molecule has 2 unspecified atom stereocenters. The molecule has 17 heavy (non-hydrogen) atoms. The number of hydrogen-bond acceptors (Lipinski definition) is 2. The van der Waals surface area contributed by atoms with E-state index in [1.165, 1.54) is 31.7 Å². The average Bonchev–Trinajstić information content (AvgIpc) is 2.27. The number of nitrogens with one attached hydrogen (secondary N) is 1. The van der Waals surface area contributed by atoms with E-state index >= 15 is 0 Å². The van der Waals surface area contributed by atoms with Crippen LogP contribution in [-0.4, -0.2) is 11.1 Å². The van der Waals surface area contributed by atoms with Crippen molar-refractivity contribution in [3.8, 4) is 5.75 Å². The lowest BCUT2D eigenvalue weighted by molar-refractivity contribution is 0.279. The van der Waals surface area contributed by atoms with Crippen LogP contribution in [0.5, 0.6) is 5.75 Å². The summed E-state index contributed by atoms with van der Waals surface area (Å²) in [7, 11) is 0. The highest BCUT2D eigenvalue weighted by atomic mass is 19.1. The van der Waals surface area contributed by atoms with Crippen LogP contribution in [0.3, 0.4) is 0 Å². The van der Waals surface area contributed by atoms with E-state index in [0.29, 0.717) is 18.5 Å². The van der Waals surface area contributed by atoms with Gasteiger partial charge in [0.2, 0.25) is 0 Å². The lowest BCUT2D eigenvalue weighted by Gasteiger charge is -2.29. The summed E-state index contributed by atoms with van der Waals surface area (Å²) >= 11 is 0. The van der Waals surface area contributed by atoms with Gasteiger partial charge in [0, 0.05) is 18.7 Å². The van der Waals surface area contributed by atoms with Gasteiger partial charge in [-0.1, -0.05) is 19.8 Å². The molecule has 0 aromatic heterocycles. The average molecular weight is 237 g/mol. The molecule has 1 saturated carbocycles. The van der Waals surface area contributed by atoms with Crippen LogP contribution in [0.4, 0.5) is 4.39 Å². The number of phenols is 1. The Morgan fingerprint density at radius 1 is 1.29 bits per heavy atom. The zero-order chi connectivity index (χ0) is 12.3. The van der Waals surface area contributed by atoms with E-state index in [9.17, 15) is 9.50 Å². The molecule has 3 heteroatoms. The number of benzene rings is 1. The Morgan fingerprint density at radius 3 is 2.76 bits per heavy atom. The maximum absolute atomic E-state index is 13.1.